The summed E-state index contributed by atoms with van der Waals surface area (Å²) in [4.78, 5) is 0. The SMILES string of the molecule is CC(C)Oc1ccc(C(C)CCNC(C)(C)C)cc1. The van der Waals surface area contributed by atoms with Crippen molar-refractivity contribution < 1.29 is 4.74 Å². The molecule has 1 unspecified atom stereocenters. The molecular formula is C17H29NO. The number of nitrogens with one attached hydrogen (secondary N) is 1. The van der Waals surface area contributed by atoms with Crippen LogP contribution in [0, 0.1) is 0 Å². The minimum absolute atomic E-state index is 0.203. The Labute approximate surface area is 118 Å². The largest absolute Gasteiger partial charge is 0.491 e. The van der Waals surface area contributed by atoms with Crippen molar-refractivity contribution in [2.24, 2.45) is 0 Å². The summed E-state index contributed by atoms with van der Waals surface area (Å²) >= 11 is 0. The van der Waals surface area contributed by atoms with Crippen molar-refractivity contribution in [3.8, 4) is 5.75 Å². The third-order valence-corrected chi connectivity index (χ3v) is 3.05. The Morgan fingerprint density at radius 2 is 1.63 bits per heavy atom. The average Bonchev–Trinajstić information content (AvgIpc) is 2.27. The molecule has 1 atom stereocenters. The van der Waals surface area contributed by atoms with Crippen LogP contribution in [-0.4, -0.2) is 18.2 Å². The van der Waals surface area contributed by atoms with Crippen LogP contribution in [-0.2, 0) is 0 Å². The molecule has 19 heavy (non-hydrogen) atoms. The fourth-order valence-electron chi connectivity index (χ4n) is 1.98. The molecule has 0 aliphatic carbocycles. The third-order valence-electron chi connectivity index (χ3n) is 3.05. The smallest absolute Gasteiger partial charge is 0.119 e. The van der Waals surface area contributed by atoms with Crippen molar-refractivity contribution in [1.82, 2.24) is 5.32 Å². The van der Waals surface area contributed by atoms with E-state index in [0.717, 1.165) is 18.7 Å². The number of hydrogen-bond donors (Lipinski definition) is 1. The molecular weight excluding hydrogens is 234 g/mol. The van der Waals surface area contributed by atoms with Crippen LogP contribution in [0.15, 0.2) is 24.3 Å². The third kappa shape index (κ3) is 6.63. The molecule has 0 aromatic heterocycles. The lowest BCUT2D eigenvalue weighted by molar-refractivity contribution is 0.242. The Morgan fingerprint density at radius 3 is 2.11 bits per heavy atom. The van der Waals surface area contributed by atoms with Gasteiger partial charge in [-0.1, -0.05) is 19.1 Å². The van der Waals surface area contributed by atoms with Gasteiger partial charge >= 0.3 is 0 Å². The Balaban J connectivity index is 2.46. The Bertz CT molecular complexity index is 362. The summed E-state index contributed by atoms with van der Waals surface area (Å²) in [5, 5.41) is 3.54. The molecule has 0 radical (unpaired) electrons. The highest BCUT2D eigenvalue weighted by Gasteiger charge is 2.10. The summed E-state index contributed by atoms with van der Waals surface area (Å²) in [7, 11) is 0. The van der Waals surface area contributed by atoms with Gasteiger partial charge in [-0.25, -0.2) is 0 Å². The molecule has 0 saturated carbocycles. The van der Waals surface area contributed by atoms with Crippen LogP contribution in [0.2, 0.25) is 0 Å². The van der Waals surface area contributed by atoms with Crippen molar-refractivity contribution in [2.75, 3.05) is 6.54 Å². The Morgan fingerprint density at radius 1 is 1.05 bits per heavy atom. The molecule has 0 saturated heterocycles. The first-order valence-electron chi connectivity index (χ1n) is 7.29. The number of rotatable bonds is 6. The topological polar surface area (TPSA) is 21.3 Å². The van der Waals surface area contributed by atoms with E-state index in [9.17, 15) is 0 Å². The fraction of sp³-hybridized carbons (Fsp3) is 0.647. The zero-order chi connectivity index (χ0) is 14.5. The van der Waals surface area contributed by atoms with Gasteiger partial charge in [-0.15, -0.1) is 0 Å². The summed E-state index contributed by atoms with van der Waals surface area (Å²) in [6.45, 7) is 14.0. The molecule has 2 nitrogen and oxygen atoms in total. The van der Waals surface area contributed by atoms with E-state index in [-0.39, 0.29) is 11.6 Å². The second-order valence-electron chi connectivity index (χ2n) is 6.60. The van der Waals surface area contributed by atoms with Gasteiger partial charge in [0, 0.05) is 5.54 Å². The van der Waals surface area contributed by atoms with E-state index < -0.39 is 0 Å². The molecule has 1 N–H and O–H groups in total. The van der Waals surface area contributed by atoms with E-state index in [2.05, 4.69) is 71.1 Å². The Hall–Kier alpha value is -1.02. The number of ether oxygens (including phenoxy) is 1. The van der Waals surface area contributed by atoms with Gasteiger partial charge in [-0.2, -0.15) is 0 Å². The van der Waals surface area contributed by atoms with Crippen molar-refractivity contribution >= 4 is 0 Å². The minimum atomic E-state index is 0.203. The highest BCUT2D eigenvalue weighted by molar-refractivity contribution is 5.29. The van der Waals surface area contributed by atoms with Crippen molar-refractivity contribution in [3.05, 3.63) is 29.8 Å². The second-order valence-corrected chi connectivity index (χ2v) is 6.60. The average molecular weight is 263 g/mol. The van der Waals surface area contributed by atoms with Crippen LogP contribution in [0.25, 0.3) is 0 Å². The van der Waals surface area contributed by atoms with Gasteiger partial charge in [-0.3, -0.25) is 0 Å². The highest BCUT2D eigenvalue weighted by atomic mass is 16.5. The van der Waals surface area contributed by atoms with Gasteiger partial charge in [0.05, 0.1) is 6.10 Å². The van der Waals surface area contributed by atoms with Crippen molar-refractivity contribution in [2.45, 2.75) is 65.5 Å². The lowest BCUT2D eigenvalue weighted by atomic mass is 9.97. The van der Waals surface area contributed by atoms with Gasteiger partial charge in [0.1, 0.15) is 5.75 Å². The first-order valence-corrected chi connectivity index (χ1v) is 7.29. The van der Waals surface area contributed by atoms with Crippen molar-refractivity contribution in [1.29, 1.82) is 0 Å². The molecule has 1 rings (SSSR count). The standard InChI is InChI=1S/C17H29NO/c1-13(2)19-16-9-7-15(8-10-16)14(3)11-12-18-17(4,5)6/h7-10,13-14,18H,11-12H2,1-6H3. The molecule has 0 aliphatic heterocycles. The predicted octanol–water partition coefficient (Wildman–Crippen LogP) is 4.36. The molecule has 2 heteroatoms. The summed E-state index contributed by atoms with van der Waals surface area (Å²) in [6.07, 6.45) is 1.39. The molecule has 0 spiro atoms. The van der Waals surface area contributed by atoms with Crippen LogP contribution in [0.4, 0.5) is 0 Å². The highest BCUT2D eigenvalue weighted by Crippen LogP contribution is 2.22. The molecule has 0 heterocycles. The van der Waals surface area contributed by atoms with Crippen LogP contribution >= 0.6 is 0 Å². The zero-order valence-corrected chi connectivity index (χ0v) is 13.3. The normalized spacial score (nSPS) is 13.6. The van der Waals surface area contributed by atoms with E-state index in [0.29, 0.717) is 5.92 Å². The molecule has 1 aromatic carbocycles. The first kappa shape index (κ1) is 16.0. The molecule has 0 amide bonds. The molecule has 0 bridgehead atoms. The number of hydrogen-bond acceptors (Lipinski definition) is 2. The lowest BCUT2D eigenvalue weighted by Gasteiger charge is -2.22. The first-order chi connectivity index (χ1) is 8.78. The quantitative estimate of drug-likeness (QED) is 0.823. The van der Waals surface area contributed by atoms with Crippen LogP contribution in [0.1, 0.15) is 59.4 Å². The van der Waals surface area contributed by atoms with Crippen LogP contribution in [0.5, 0.6) is 5.75 Å². The summed E-state index contributed by atoms with van der Waals surface area (Å²) in [5.74, 6) is 1.53. The molecule has 0 fully saturated rings. The van der Waals surface area contributed by atoms with E-state index in [1.807, 2.05) is 0 Å². The van der Waals surface area contributed by atoms with Gasteiger partial charge in [0.25, 0.3) is 0 Å². The maximum absolute atomic E-state index is 5.66. The predicted molar refractivity (Wildman–Crippen MR) is 83.0 cm³/mol. The second kappa shape index (κ2) is 6.95. The van der Waals surface area contributed by atoms with Crippen LogP contribution in [0.3, 0.4) is 0 Å². The number of benzene rings is 1. The molecule has 108 valence electrons. The molecule has 1 aromatic rings. The molecule has 0 aliphatic rings. The maximum atomic E-state index is 5.66. The minimum Gasteiger partial charge on any atom is -0.491 e. The van der Waals surface area contributed by atoms with Gasteiger partial charge in [-0.05, 0) is 71.2 Å². The fourth-order valence-corrected chi connectivity index (χ4v) is 1.98. The summed E-state index contributed by atoms with van der Waals surface area (Å²) in [5.41, 5.74) is 1.58. The van der Waals surface area contributed by atoms with Gasteiger partial charge in [0.15, 0.2) is 0 Å². The maximum Gasteiger partial charge on any atom is 0.119 e. The van der Waals surface area contributed by atoms with Gasteiger partial charge in [0.2, 0.25) is 0 Å². The lowest BCUT2D eigenvalue weighted by Crippen LogP contribution is -2.36. The summed E-state index contributed by atoms with van der Waals surface area (Å²) < 4.78 is 5.66. The van der Waals surface area contributed by atoms with Crippen molar-refractivity contribution in [3.63, 3.8) is 0 Å². The van der Waals surface area contributed by atoms with E-state index in [1.165, 1.54) is 5.56 Å². The Kier molecular flexibility index (Phi) is 5.86. The van der Waals surface area contributed by atoms with E-state index >= 15 is 0 Å². The monoisotopic (exact) mass is 263 g/mol. The van der Waals surface area contributed by atoms with Crippen LogP contribution < -0.4 is 10.1 Å². The zero-order valence-electron chi connectivity index (χ0n) is 13.3. The van der Waals surface area contributed by atoms with E-state index in [4.69, 9.17) is 4.74 Å². The van der Waals surface area contributed by atoms with Gasteiger partial charge < -0.3 is 10.1 Å². The summed E-state index contributed by atoms with van der Waals surface area (Å²) in [6, 6.07) is 8.50. The van der Waals surface area contributed by atoms with E-state index in [1.54, 1.807) is 0 Å².